The third-order valence-corrected chi connectivity index (χ3v) is 4.39. The van der Waals surface area contributed by atoms with Crippen molar-refractivity contribution < 1.29 is 18.9 Å². The molecule has 0 radical (unpaired) electrons. The molecule has 0 fully saturated rings. The molecule has 6 nitrogen and oxygen atoms in total. The first kappa shape index (κ1) is 16.6. The van der Waals surface area contributed by atoms with Crippen LogP contribution in [0.3, 0.4) is 0 Å². The predicted octanol–water partition coefficient (Wildman–Crippen LogP) is 2.04. The number of hydrogen-bond donors (Lipinski definition) is 3. The zero-order valence-corrected chi connectivity index (χ0v) is 13.2. The Hall–Kier alpha value is -1.41. The Bertz CT molecular complexity index is 536. The molecule has 8 heteroatoms. The number of anilines is 1. The van der Waals surface area contributed by atoms with Gasteiger partial charge in [0.1, 0.15) is 0 Å². The number of carbonyl (C=O) groups is 2. The summed E-state index contributed by atoms with van der Waals surface area (Å²) in [5.41, 5.74) is 0.439. The van der Waals surface area contributed by atoms with E-state index in [1.54, 1.807) is 12.1 Å². The van der Waals surface area contributed by atoms with E-state index in [1.165, 1.54) is 6.07 Å². The van der Waals surface area contributed by atoms with Crippen LogP contribution >= 0.6 is 15.9 Å². The molecule has 0 saturated carbocycles. The number of carbonyl (C=O) groups excluding carboxylic acids is 1. The fraction of sp³-hybridized carbons (Fsp3) is 0.333. The number of carboxylic acid groups (broad SMARTS) is 1. The molecule has 0 aliphatic heterocycles. The van der Waals surface area contributed by atoms with Crippen LogP contribution in [0.1, 0.15) is 17.3 Å². The predicted molar refractivity (Wildman–Crippen MR) is 81.7 cm³/mol. The van der Waals surface area contributed by atoms with Gasteiger partial charge in [-0.1, -0.05) is 6.92 Å². The average Bonchev–Trinajstić information content (AvgIpc) is 2.40. The van der Waals surface area contributed by atoms with Crippen LogP contribution in [-0.4, -0.2) is 39.4 Å². The smallest absolute Gasteiger partial charge is 0.336 e. The van der Waals surface area contributed by atoms with Gasteiger partial charge in [-0.05, 0) is 34.1 Å². The molecule has 0 saturated heterocycles. The Morgan fingerprint density at radius 3 is 2.70 bits per heavy atom. The summed E-state index contributed by atoms with van der Waals surface area (Å²) >= 11 is 3.12. The van der Waals surface area contributed by atoms with Crippen molar-refractivity contribution in [1.29, 1.82) is 0 Å². The molecule has 1 rings (SSSR count). The maximum absolute atomic E-state index is 11.6. The summed E-state index contributed by atoms with van der Waals surface area (Å²) in [5.74, 6) is -0.137. The summed E-state index contributed by atoms with van der Waals surface area (Å²) < 4.78 is 11.6. The van der Waals surface area contributed by atoms with Crippen LogP contribution in [0.15, 0.2) is 22.7 Å². The molecule has 1 aromatic rings. The van der Waals surface area contributed by atoms with Gasteiger partial charge < -0.3 is 15.7 Å². The molecule has 0 bridgehead atoms. The minimum atomic E-state index is -1.08. The third-order valence-electron chi connectivity index (χ3n) is 2.39. The fourth-order valence-electron chi connectivity index (χ4n) is 1.36. The van der Waals surface area contributed by atoms with Gasteiger partial charge in [0, 0.05) is 39.0 Å². The Kier molecular flexibility index (Phi) is 6.66. The van der Waals surface area contributed by atoms with Gasteiger partial charge >= 0.3 is 12.0 Å². The Balaban J connectivity index is 2.56. The van der Waals surface area contributed by atoms with Crippen LogP contribution in [-0.2, 0) is 10.8 Å². The molecule has 20 heavy (non-hydrogen) atoms. The van der Waals surface area contributed by atoms with Crippen LogP contribution in [0.4, 0.5) is 10.5 Å². The SMILES string of the molecule is CCS(=O)CCNC(=O)Nc1ccc(Br)c(C(=O)O)c1. The molecule has 2 amide bonds. The zero-order chi connectivity index (χ0) is 15.1. The molecular formula is C12H15BrN2O4S. The highest BCUT2D eigenvalue weighted by atomic mass is 79.9. The van der Waals surface area contributed by atoms with Crippen LogP contribution in [0, 0.1) is 0 Å². The third kappa shape index (κ3) is 5.30. The lowest BCUT2D eigenvalue weighted by molar-refractivity contribution is 0.0696. The van der Waals surface area contributed by atoms with E-state index in [0.29, 0.717) is 28.2 Å². The summed E-state index contributed by atoms with van der Waals surface area (Å²) in [4.78, 5) is 22.5. The molecule has 0 aliphatic carbocycles. The van der Waals surface area contributed by atoms with E-state index in [1.807, 2.05) is 6.92 Å². The lowest BCUT2D eigenvalue weighted by Gasteiger charge is -2.08. The first-order valence-corrected chi connectivity index (χ1v) is 8.14. The Labute approximate surface area is 127 Å². The molecule has 1 aromatic carbocycles. The molecule has 0 aromatic heterocycles. The minimum Gasteiger partial charge on any atom is -0.478 e. The highest BCUT2D eigenvalue weighted by Gasteiger charge is 2.10. The Morgan fingerprint density at radius 1 is 1.40 bits per heavy atom. The van der Waals surface area contributed by atoms with Crippen molar-refractivity contribution in [3.63, 3.8) is 0 Å². The van der Waals surface area contributed by atoms with Gasteiger partial charge in [-0.15, -0.1) is 0 Å². The van der Waals surface area contributed by atoms with Gasteiger partial charge in [0.15, 0.2) is 0 Å². The number of hydrogen-bond acceptors (Lipinski definition) is 3. The van der Waals surface area contributed by atoms with E-state index in [9.17, 15) is 13.8 Å². The molecule has 0 heterocycles. The zero-order valence-electron chi connectivity index (χ0n) is 10.8. The summed E-state index contributed by atoms with van der Waals surface area (Å²) in [6.45, 7) is 2.11. The second-order valence-corrected chi connectivity index (χ2v) is 6.53. The van der Waals surface area contributed by atoms with E-state index in [4.69, 9.17) is 5.11 Å². The number of amides is 2. The van der Waals surface area contributed by atoms with Crippen LogP contribution < -0.4 is 10.6 Å². The number of rotatable bonds is 6. The van der Waals surface area contributed by atoms with Crippen molar-refractivity contribution in [3.05, 3.63) is 28.2 Å². The number of nitrogens with one attached hydrogen (secondary N) is 2. The van der Waals surface area contributed by atoms with Crippen molar-refractivity contribution in [2.75, 3.05) is 23.4 Å². The number of aromatic carboxylic acids is 1. The van der Waals surface area contributed by atoms with Crippen molar-refractivity contribution in [3.8, 4) is 0 Å². The highest BCUT2D eigenvalue weighted by Crippen LogP contribution is 2.21. The van der Waals surface area contributed by atoms with E-state index in [-0.39, 0.29) is 5.56 Å². The summed E-state index contributed by atoms with van der Waals surface area (Å²) in [7, 11) is -0.929. The average molecular weight is 363 g/mol. The monoisotopic (exact) mass is 362 g/mol. The maximum Gasteiger partial charge on any atom is 0.336 e. The van der Waals surface area contributed by atoms with Gasteiger partial charge in [0.2, 0.25) is 0 Å². The second-order valence-electron chi connectivity index (χ2n) is 3.81. The fourth-order valence-corrected chi connectivity index (χ4v) is 2.40. The molecule has 1 atom stereocenters. The first-order valence-electron chi connectivity index (χ1n) is 5.86. The molecule has 3 N–H and O–H groups in total. The quantitative estimate of drug-likeness (QED) is 0.721. The van der Waals surface area contributed by atoms with E-state index in [0.717, 1.165) is 0 Å². The molecule has 1 unspecified atom stereocenters. The van der Waals surface area contributed by atoms with Crippen LogP contribution in [0.2, 0.25) is 0 Å². The van der Waals surface area contributed by atoms with Crippen molar-refractivity contribution in [1.82, 2.24) is 5.32 Å². The molecule has 0 spiro atoms. The van der Waals surface area contributed by atoms with Gasteiger partial charge in [-0.2, -0.15) is 0 Å². The van der Waals surface area contributed by atoms with Crippen molar-refractivity contribution >= 4 is 44.4 Å². The van der Waals surface area contributed by atoms with E-state index < -0.39 is 22.8 Å². The van der Waals surface area contributed by atoms with E-state index in [2.05, 4.69) is 26.6 Å². The highest BCUT2D eigenvalue weighted by molar-refractivity contribution is 9.10. The number of benzene rings is 1. The molecule has 0 aliphatic rings. The summed E-state index contributed by atoms with van der Waals surface area (Å²) in [6.07, 6.45) is 0. The number of urea groups is 1. The van der Waals surface area contributed by atoms with Gasteiger partial charge in [0.05, 0.1) is 5.56 Å². The van der Waals surface area contributed by atoms with Gasteiger partial charge in [-0.25, -0.2) is 9.59 Å². The standard InChI is InChI=1S/C12H15BrN2O4S/c1-2-20(19)6-5-14-12(18)15-8-3-4-10(13)9(7-8)11(16)17/h3-4,7H,2,5-6H2,1H3,(H,16,17)(H2,14,15,18). The van der Waals surface area contributed by atoms with Gasteiger partial charge in [0.25, 0.3) is 0 Å². The molecule has 110 valence electrons. The van der Waals surface area contributed by atoms with E-state index >= 15 is 0 Å². The normalized spacial score (nSPS) is 11.7. The van der Waals surface area contributed by atoms with Crippen molar-refractivity contribution in [2.45, 2.75) is 6.92 Å². The number of carboxylic acids is 1. The lowest BCUT2D eigenvalue weighted by Crippen LogP contribution is -2.32. The van der Waals surface area contributed by atoms with Gasteiger partial charge in [-0.3, -0.25) is 4.21 Å². The lowest BCUT2D eigenvalue weighted by atomic mass is 10.2. The Morgan fingerprint density at radius 2 is 2.10 bits per heavy atom. The maximum atomic E-state index is 11.6. The molecular weight excluding hydrogens is 348 g/mol. The van der Waals surface area contributed by atoms with Crippen molar-refractivity contribution in [2.24, 2.45) is 0 Å². The van der Waals surface area contributed by atoms with Crippen LogP contribution in [0.25, 0.3) is 0 Å². The summed E-state index contributed by atoms with van der Waals surface area (Å²) in [5, 5.41) is 14.0. The topological polar surface area (TPSA) is 95.5 Å². The van der Waals surface area contributed by atoms with Crippen LogP contribution in [0.5, 0.6) is 0 Å². The first-order chi connectivity index (χ1) is 9.43. The minimum absolute atomic E-state index is 0.0647. The number of halogens is 1. The summed E-state index contributed by atoms with van der Waals surface area (Å²) in [6, 6.07) is 4.03. The second kappa shape index (κ2) is 8.01. The largest absolute Gasteiger partial charge is 0.478 e.